The van der Waals surface area contributed by atoms with Crippen LogP contribution in [0, 0.1) is 46.3 Å². The maximum atomic E-state index is 10.9. The topological polar surface area (TPSA) is 57.5 Å². The number of aliphatic hydroxyl groups is 1. The SMILES string of the molecule is CC(CCC[C@@H](C)[C@H]1CC[C@H]2[C@@H]3CC=C4C[C@H](O)CC[C@]4(C)[C@H]3CC[C@]12C)CC(=O)O. The van der Waals surface area contributed by atoms with Gasteiger partial charge in [-0.1, -0.05) is 58.6 Å². The first kappa shape index (κ1) is 23.3. The predicted molar refractivity (Wildman–Crippen MR) is 126 cm³/mol. The van der Waals surface area contributed by atoms with Gasteiger partial charge in [0.05, 0.1) is 6.10 Å². The van der Waals surface area contributed by atoms with E-state index in [2.05, 4.69) is 33.8 Å². The fourth-order valence-electron chi connectivity index (χ4n) is 9.01. The first-order chi connectivity index (χ1) is 14.6. The highest BCUT2D eigenvalue weighted by molar-refractivity contribution is 5.66. The molecule has 0 heterocycles. The molecule has 0 aliphatic heterocycles. The molecule has 0 aromatic heterocycles. The summed E-state index contributed by atoms with van der Waals surface area (Å²) in [4.78, 5) is 10.9. The van der Waals surface area contributed by atoms with Gasteiger partial charge in [-0.2, -0.15) is 0 Å². The lowest BCUT2D eigenvalue weighted by atomic mass is 9.47. The van der Waals surface area contributed by atoms with Crippen molar-refractivity contribution in [3.8, 4) is 0 Å². The smallest absolute Gasteiger partial charge is 0.303 e. The van der Waals surface area contributed by atoms with E-state index >= 15 is 0 Å². The van der Waals surface area contributed by atoms with Gasteiger partial charge in [0.15, 0.2) is 0 Å². The summed E-state index contributed by atoms with van der Waals surface area (Å²) in [6.07, 6.45) is 16.1. The van der Waals surface area contributed by atoms with Gasteiger partial charge >= 0.3 is 5.97 Å². The van der Waals surface area contributed by atoms with Crippen molar-refractivity contribution in [2.75, 3.05) is 0 Å². The molecule has 3 saturated carbocycles. The Balaban J connectivity index is 1.41. The minimum absolute atomic E-state index is 0.111. The monoisotopic (exact) mass is 430 g/mol. The predicted octanol–water partition coefficient (Wildman–Crippen LogP) is 6.84. The van der Waals surface area contributed by atoms with Crippen LogP contribution in [0.4, 0.5) is 0 Å². The molecule has 0 aromatic carbocycles. The van der Waals surface area contributed by atoms with Crippen LogP contribution in [0.25, 0.3) is 0 Å². The summed E-state index contributed by atoms with van der Waals surface area (Å²) in [6.45, 7) is 9.72. The van der Waals surface area contributed by atoms with Crippen molar-refractivity contribution in [1.82, 2.24) is 0 Å². The Morgan fingerprint density at radius 1 is 1.10 bits per heavy atom. The summed E-state index contributed by atoms with van der Waals surface area (Å²) < 4.78 is 0. The molecule has 3 nitrogen and oxygen atoms in total. The molecule has 0 aromatic rings. The average molecular weight is 431 g/mol. The number of carboxylic acid groups (broad SMARTS) is 1. The van der Waals surface area contributed by atoms with Gasteiger partial charge in [-0.05, 0) is 97.7 Å². The first-order valence-corrected chi connectivity index (χ1v) is 13.2. The van der Waals surface area contributed by atoms with Crippen molar-refractivity contribution >= 4 is 5.97 Å². The number of hydrogen-bond donors (Lipinski definition) is 2. The maximum absolute atomic E-state index is 10.9. The van der Waals surface area contributed by atoms with Crippen LogP contribution in [0.15, 0.2) is 11.6 Å². The van der Waals surface area contributed by atoms with Crippen LogP contribution in [0.1, 0.15) is 105 Å². The lowest BCUT2D eigenvalue weighted by molar-refractivity contribution is -0.138. The van der Waals surface area contributed by atoms with Crippen LogP contribution in [-0.2, 0) is 4.79 Å². The summed E-state index contributed by atoms with van der Waals surface area (Å²) in [7, 11) is 0. The molecule has 0 amide bonds. The Bertz CT molecular complexity index is 698. The number of rotatable bonds is 7. The highest BCUT2D eigenvalue weighted by Gasteiger charge is 2.59. The minimum atomic E-state index is -0.658. The third kappa shape index (κ3) is 4.25. The van der Waals surface area contributed by atoms with Gasteiger partial charge in [-0.15, -0.1) is 0 Å². The zero-order valence-corrected chi connectivity index (χ0v) is 20.4. The molecule has 3 heteroatoms. The van der Waals surface area contributed by atoms with Gasteiger partial charge in [-0.3, -0.25) is 4.79 Å². The van der Waals surface area contributed by atoms with Crippen LogP contribution in [0.2, 0.25) is 0 Å². The highest BCUT2D eigenvalue weighted by atomic mass is 16.4. The molecule has 31 heavy (non-hydrogen) atoms. The first-order valence-electron chi connectivity index (χ1n) is 13.2. The number of aliphatic hydroxyl groups excluding tert-OH is 1. The maximum Gasteiger partial charge on any atom is 0.303 e. The highest BCUT2D eigenvalue weighted by Crippen LogP contribution is 2.67. The molecule has 4 rings (SSSR count). The Morgan fingerprint density at radius 3 is 2.61 bits per heavy atom. The second-order valence-corrected chi connectivity index (χ2v) is 12.5. The van der Waals surface area contributed by atoms with E-state index in [1.54, 1.807) is 5.57 Å². The van der Waals surface area contributed by atoms with Crippen molar-refractivity contribution < 1.29 is 15.0 Å². The Labute approximate surface area is 190 Å². The number of fused-ring (bicyclic) bond motifs is 5. The van der Waals surface area contributed by atoms with Gasteiger partial charge in [0.2, 0.25) is 0 Å². The molecular weight excluding hydrogens is 384 g/mol. The molecule has 2 N–H and O–H groups in total. The molecule has 3 fully saturated rings. The molecule has 176 valence electrons. The zero-order chi connectivity index (χ0) is 22.4. The molecule has 1 unspecified atom stereocenters. The molecule has 4 aliphatic rings. The molecule has 9 atom stereocenters. The van der Waals surface area contributed by atoms with Crippen molar-refractivity contribution in [2.24, 2.45) is 46.3 Å². The largest absolute Gasteiger partial charge is 0.481 e. The van der Waals surface area contributed by atoms with Crippen molar-refractivity contribution in [3.63, 3.8) is 0 Å². The number of carbonyl (C=O) groups is 1. The summed E-state index contributed by atoms with van der Waals surface area (Å²) in [5.74, 6) is 3.75. The summed E-state index contributed by atoms with van der Waals surface area (Å²) >= 11 is 0. The van der Waals surface area contributed by atoms with Gasteiger partial charge in [-0.25, -0.2) is 0 Å². The second kappa shape index (κ2) is 8.84. The van der Waals surface area contributed by atoms with E-state index in [-0.39, 0.29) is 6.10 Å². The normalized spacial score (nSPS) is 43.9. The fourth-order valence-corrected chi connectivity index (χ4v) is 9.01. The third-order valence-electron chi connectivity index (χ3n) is 10.7. The Morgan fingerprint density at radius 2 is 1.87 bits per heavy atom. The summed E-state index contributed by atoms with van der Waals surface area (Å²) in [6, 6.07) is 0. The van der Waals surface area contributed by atoms with E-state index in [4.69, 9.17) is 5.11 Å². The number of hydrogen-bond acceptors (Lipinski definition) is 2. The van der Waals surface area contributed by atoms with Crippen molar-refractivity contribution in [2.45, 2.75) is 111 Å². The van der Waals surface area contributed by atoms with Gasteiger partial charge in [0.1, 0.15) is 0 Å². The third-order valence-corrected chi connectivity index (χ3v) is 10.7. The second-order valence-electron chi connectivity index (χ2n) is 12.5. The van der Waals surface area contributed by atoms with Crippen molar-refractivity contribution in [3.05, 3.63) is 11.6 Å². The molecule has 0 spiro atoms. The number of allylic oxidation sites excluding steroid dienone is 1. The van der Waals surface area contributed by atoms with Gasteiger partial charge in [0.25, 0.3) is 0 Å². The van der Waals surface area contributed by atoms with E-state index in [0.717, 1.165) is 48.9 Å². The van der Waals surface area contributed by atoms with Gasteiger partial charge in [0, 0.05) is 6.42 Å². The van der Waals surface area contributed by atoms with E-state index < -0.39 is 5.97 Å². The quantitative estimate of drug-likeness (QED) is 0.435. The van der Waals surface area contributed by atoms with Gasteiger partial charge < -0.3 is 10.2 Å². The lowest BCUT2D eigenvalue weighted by Gasteiger charge is -2.58. The molecule has 0 radical (unpaired) electrons. The Hall–Kier alpha value is -0.830. The van der Waals surface area contributed by atoms with E-state index in [9.17, 15) is 9.90 Å². The standard InChI is InChI=1S/C28H46O3/c1-18(16-26(30)31)6-5-7-19(2)23-10-11-24-22-9-8-20-17-21(29)12-14-27(20,3)25(22)13-15-28(23,24)4/h8,18-19,21-25,29H,5-7,9-17H2,1-4H3,(H,30,31)/t18?,19-,21-,22+,23-,24+,25+,27+,28-/m1/s1. The summed E-state index contributed by atoms with van der Waals surface area (Å²) in [5.41, 5.74) is 2.41. The average Bonchev–Trinajstić information content (AvgIpc) is 3.05. The molecule has 0 bridgehead atoms. The van der Waals surface area contributed by atoms with Crippen LogP contribution in [0.3, 0.4) is 0 Å². The van der Waals surface area contributed by atoms with Crippen LogP contribution in [0.5, 0.6) is 0 Å². The summed E-state index contributed by atoms with van der Waals surface area (Å²) in [5, 5.41) is 19.2. The van der Waals surface area contributed by atoms with Crippen LogP contribution in [-0.4, -0.2) is 22.3 Å². The number of carboxylic acids is 1. The Kier molecular flexibility index (Phi) is 6.65. The zero-order valence-electron chi connectivity index (χ0n) is 20.4. The fraction of sp³-hybridized carbons (Fsp3) is 0.893. The molecular formula is C28H46O3. The van der Waals surface area contributed by atoms with Crippen LogP contribution < -0.4 is 0 Å². The number of aliphatic carboxylic acids is 1. The van der Waals surface area contributed by atoms with E-state index in [1.807, 2.05) is 0 Å². The molecule has 4 aliphatic carbocycles. The van der Waals surface area contributed by atoms with E-state index in [1.165, 1.54) is 51.4 Å². The molecule has 0 saturated heterocycles. The minimum Gasteiger partial charge on any atom is -0.481 e. The van der Waals surface area contributed by atoms with E-state index in [0.29, 0.717) is 23.2 Å². The van der Waals surface area contributed by atoms with Crippen molar-refractivity contribution in [1.29, 1.82) is 0 Å². The lowest BCUT2D eigenvalue weighted by Crippen LogP contribution is -2.50. The van der Waals surface area contributed by atoms with Crippen LogP contribution >= 0.6 is 0 Å².